The molecule has 0 radical (unpaired) electrons. The topological polar surface area (TPSA) is 61.4 Å². The van der Waals surface area contributed by atoms with Crippen LogP contribution in [0.1, 0.15) is 52.9 Å². The fraction of sp³-hybridized carbons (Fsp3) is 0.929. The first-order valence-corrected chi connectivity index (χ1v) is 7.21. The largest absolute Gasteiger partial charge is 0.396 e. The molecule has 0 aromatic carbocycles. The Hall–Kier alpha value is -0.610. The lowest BCUT2D eigenvalue weighted by Gasteiger charge is -2.21. The van der Waals surface area contributed by atoms with Gasteiger partial charge in [-0.05, 0) is 44.4 Å². The molecular formula is C14H28N2O2. The second-order valence-electron chi connectivity index (χ2n) is 5.60. The number of amides is 1. The van der Waals surface area contributed by atoms with Crippen molar-refractivity contribution >= 4 is 5.91 Å². The summed E-state index contributed by atoms with van der Waals surface area (Å²) in [6, 6.07) is 0.135. The maximum atomic E-state index is 11.9. The molecule has 106 valence electrons. The summed E-state index contributed by atoms with van der Waals surface area (Å²) in [6.45, 7) is 7.17. The van der Waals surface area contributed by atoms with Crippen molar-refractivity contribution in [1.82, 2.24) is 10.6 Å². The molecule has 0 bridgehead atoms. The van der Waals surface area contributed by atoms with Gasteiger partial charge in [0.1, 0.15) is 0 Å². The molecule has 1 amide bonds. The van der Waals surface area contributed by atoms with E-state index in [9.17, 15) is 4.79 Å². The van der Waals surface area contributed by atoms with E-state index in [2.05, 4.69) is 24.5 Å². The van der Waals surface area contributed by atoms with Gasteiger partial charge in [0, 0.05) is 19.2 Å². The molecule has 1 unspecified atom stereocenters. The van der Waals surface area contributed by atoms with Crippen LogP contribution in [0.2, 0.25) is 0 Å². The summed E-state index contributed by atoms with van der Waals surface area (Å²) in [4.78, 5) is 11.9. The lowest BCUT2D eigenvalue weighted by Crippen LogP contribution is -2.47. The minimum atomic E-state index is -0.151. The van der Waals surface area contributed by atoms with Gasteiger partial charge in [0.15, 0.2) is 0 Å². The molecule has 0 aliphatic heterocycles. The van der Waals surface area contributed by atoms with Gasteiger partial charge in [-0.15, -0.1) is 0 Å². The minimum absolute atomic E-state index is 0.0866. The first-order valence-electron chi connectivity index (χ1n) is 7.21. The fourth-order valence-electron chi connectivity index (χ4n) is 2.21. The van der Waals surface area contributed by atoms with Crippen LogP contribution in [0.3, 0.4) is 0 Å². The summed E-state index contributed by atoms with van der Waals surface area (Å²) in [6.07, 6.45) is 5.14. The van der Waals surface area contributed by atoms with Gasteiger partial charge in [0.05, 0.1) is 6.04 Å². The first kappa shape index (κ1) is 15.4. The van der Waals surface area contributed by atoms with Gasteiger partial charge in [-0.3, -0.25) is 4.79 Å². The number of hydrogen-bond acceptors (Lipinski definition) is 3. The van der Waals surface area contributed by atoms with Gasteiger partial charge < -0.3 is 15.7 Å². The molecule has 4 nitrogen and oxygen atoms in total. The molecule has 1 atom stereocenters. The number of rotatable bonds is 9. The molecule has 1 aliphatic rings. The average molecular weight is 256 g/mol. The second kappa shape index (κ2) is 7.10. The zero-order valence-electron chi connectivity index (χ0n) is 12.0. The van der Waals surface area contributed by atoms with E-state index >= 15 is 0 Å². The van der Waals surface area contributed by atoms with E-state index in [1.165, 1.54) is 12.8 Å². The monoisotopic (exact) mass is 256 g/mol. The van der Waals surface area contributed by atoms with Crippen LogP contribution in [0.5, 0.6) is 0 Å². The SMILES string of the molecule is CCC(CC)NC(=O)C(C)NCC1(CCO)CC1. The third-order valence-corrected chi connectivity index (χ3v) is 4.11. The lowest BCUT2D eigenvalue weighted by molar-refractivity contribution is -0.123. The van der Waals surface area contributed by atoms with Crippen LogP contribution < -0.4 is 10.6 Å². The Labute approximate surface area is 111 Å². The van der Waals surface area contributed by atoms with Gasteiger partial charge in [0.25, 0.3) is 0 Å². The van der Waals surface area contributed by atoms with E-state index in [1.54, 1.807) is 0 Å². The van der Waals surface area contributed by atoms with Crippen molar-refractivity contribution in [2.45, 2.75) is 65.0 Å². The highest BCUT2D eigenvalue weighted by Gasteiger charge is 2.41. The Bertz CT molecular complexity index is 261. The van der Waals surface area contributed by atoms with E-state index in [1.807, 2.05) is 6.92 Å². The van der Waals surface area contributed by atoms with Crippen molar-refractivity contribution in [2.75, 3.05) is 13.2 Å². The fourth-order valence-corrected chi connectivity index (χ4v) is 2.21. The van der Waals surface area contributed by atoms with E-state index in [0.717, 1.165) is 25.8 Å². The molecule has 0 saturated heterocycles. The van der Waals surface area contributed by atoms with Crippen LogP contribution >= 0.6 is 0 Å². The number of carbonyl (C=O) groups is 1. The molecule has 4 heteroatoms. The highest BCUT2D eigenvalue weighted by Crippen LogP contribution is 2.47. The molecule has 0 heterocycles. The van der Waals surface area contributed by atoms with Crippen LogP contribution in [0.15, 0.2) is 0 Å². The molecule has 1 fully saturated rings. The third-order valence-electron chi connectivity index (χ3n) is 4.11. The van der Waals surface area contributed by atoms with E-state index in [4.69, 9.17) is 5.11 Å². The Kier molecular flexibility index (Phi) is 6.09. The van der Waals surface area contributed by atoms with Crippen molar-refractivity contribution in [1.29, 1.82) is 0 Å². The predicted molar refractivity (Wildman–Crippen MR) is 73.3 cm³/mol. The van der Waals surface area contributed by atoms with Gasteiger partial charge in [-0.2, -0.15) is 0 Å². The van der Waals surface area contributed by atoms with E-state index in [0.29, 0.717) is 0 Å². The van der Waals surface area contributed by atoms with Crippen molar-refractivity contribution in [3.05, 3.63) is 0 Å². The number of carbonyl (C=O) groups excluding carboxylic acids is 1. The van der Waals surface area contributed by atoms with Crippen molar-refractivity contribution in [3.8, 4) is 0 Å². The number of aliphatic hydroxyl groups excluding tert-OH is 1. The summed E-state index contributed by atoms with van der Waals surface area (Å²) >= 11 is 0. The van der Waals surface area contributed by atoms with Gasteiger partial charge in [0.2, 0.25) is 5.91 Å². The molecule has 0 aromatic rings. The first-order chi connectivity index (χ1) is 8.56. The molecule has 3 N–H and O–H groups in total. The summed E-state index contributed by atoms with van der Waals surface area (Å²) in [5.41, 5.74) is 0.262. The summed E-state index contributed by atoms with van der Waals surface area (Å²) in [7, 11) is 0. The second-order valence-corrected chi connectivity index (χ2v) is 5.60. The molecular weight excluding hydrogens is 228 g/mol. The zero-order valence-corrected chi connectivity index (χ0v) is 12.0. The highest BCUT2D eigenvalue weighted by atomic mass is 16.3. The Morgan fingerprint density at radius 3 is 2.39 bits per heavy atom. The van der Waals surface area contributed by atoms with Crippen LogP contribution in [0.4, 0.5) is 0 Å². The Morgan fingerprint density at radius 1 is 1.33 bits per heavy atom. The number of nitrogens with one attached hydrogen (secondary N) is 2. The third kappa shape index (κ3) is 4.58. The predicted octanol–water partition coefficient (Wildman–Crippen LogP) is 1.43. The van der Waals surface area contributed by atoms with Gasteiger partial charge in [-0.1, -0.05) is 13.8 Å². The summed E-state index contributed by atoms with van der Waals surface area (Å²) in [5.74, 6) is 0.0866. The molecule has 18 heavy (non-hydrogen) atoms. The van der Waals surface area contributed by atoms with Crippen molar-refractivity contribution < 1.29 is 9.90 Å². The van der Waals surface area contributed by atoms with E-state index in [-0.39, 0.29) is 30.0 Å². The molecule has 1 aliphatic carbocycles. The Balaban J connectivity index is 2.27. The van der Waals surface area contributed by atoms with Crippen molar-refractivity contribution in [3.63, 3.8) is 0 Å². The van der Waals surface area contributed by atoms with Crippen LogP contribution in [0.25, 0.3) is 0 Å². The number of hydrogen-bond donors (Lipinski definition) is 3. The maximum Gasteiger partial charge on any atom is 0.237 e. The molecule has 1 rings (SSSR count). The van der Waals surface area contributed by atoms with Crippen LogP contribution in [-0.4, -0.2) is 36.2 Å². The molecule has 0 aromatic heterocycles. The van der Waals surface area contributed by atoms with Crippen LogP contribution in [-0.2, 0) is 4.79 Å². The summed E-state index contributed by atoms with van der Waals surface area (Å²) < 4.78 is 0. The highest BCUT2D eigenvalue weighted by molar-refractivity contribution is 5.81. The van der Waals surface area contributed by atoms with Gasteiger partial charge in [-0.25, -0.2) is 0 Å². The Morgan fingerprint density at radius 2 is 1.94 bits per heavy atom. The summed E-state index contributed by atoms with van der Waals surface area (Å²) in [5, 5.41) is 15.3. The molecule has 1 saturated carbocycles. The number of aliphatic hydroxyl groups is 1. The quantitative estimate of drug-likeness (QED) is 0.585. The average Bonchev–Trinajstić information content (AvgIpc) is 3.13. The maximum absolute atomic E-state index is 11.9. The lowest BCUT2D eigenvalue weighted by atomic mass is 10.0. The zero-order chi connectivity index (χ0) is 13.6. The standard InChI is InChI=1S/C14H28N2O2/c1-4-12(5-2)16-13(18)11(3)15-10-14(6-7-14)8-9-17/h11-12,15,17H,4-10H2,1-3H3,(H,16,18). The molecule has 0 spiro atoms. The normalized spacial score (nSPS) is 18.7. The van der Waals surface area contributed by atoms with E-state index < -0.39 is 0 Å². The van der Waals surface area contributed by atoms with Crippen molar-refractivity contribution in [2.24, 2.45) is 5.41 Å². The minimum Gasteiger partial charge on any atom is -0.396 e. The smallest absolute Gasteiger partial charge is 0.237 e. The van der Waals surface area contributed by atoms with Crippen LogP contribution in [0, 0.1) is 5.41 Å². The van der Waals surface area contributed by atoms with Gasteiger partial charge >= 0.3 is 0 Å².